The third-order valence-corrected chi connectivity index (χ3v) is 5.35. The lowest BCUT2D eigenvalue weighted by Gasteiger charge is -2.25. The zero-order chi connectivity index (χ0) is 16.6. The summed E-state index contributed by atoms with van der Waals surface area (Å²) in [5.41, 5.74) is 1.70. The number of nitrogens with one attached hydrogen (secondary N) is 1. The Kier molecular flexibility index (Phi) is 6.69. The van der Waals surface area contributed by atoms with Crippen LogP contribution in [-0.4, -0.2) is 55.2 Å². The van der Waals surface area contributed by atoms with Crippen LogP contribution < -0.4 is 15.0 Å². The summed E-state index contributed by atoms with van der Waals surface area (Å²) in [6.45, 7) is 3.79. The summed E-state index contributed by atoms with van der Waals surface area (Å²) in [6, 6.07) is 11.8. The van der Waals surface area contributed by atoms with Gasteiger partial charge in [-0.3, -0.25) is 0 Å². The van der Waals surface area contributed by atoms with E-state index in [0.29, 0.717) is 5.92 Å². The van der Waals surface area contributed by atoms with Gasteiger partial charge in [-0.2, -0.15) is 0 Å². The number of aliphatic hydroxyl groups is 1. The van der Waals surface area contributed by atoms with Crippen molar-refractivity contribution in [2.24, 2.45) is 11.3 Å². The van der Waals surface area contributed by atoms with Crippen molar-refractivity contribution in [3.63, 3.8) is 0 Å². The zero-order valence-electron chi connectivity index (χ0n) is 14.6. The lowest BCUT2D eigenvalue weighted by Crippen LogP contribution is -2.36. The molecular weight excluding hydrogens is 375 g/mol. The molecule has 0 saturated carbocycles. The van der Waals surface area contributed by atoms with Gasteiger partial charge < -0.3 is 20.1 Å². The third-order valence-electron chi connectivity index (χ3n) is 5.35. The van der Waals surface area contributed by atoms with Crippen molar-refractivity contribution in [2.45, 2.75) is 0 Å². The van der Waals surface area contributed by atoms with Crippen LogP contribution in [0, 0.1) is 11.3 Å². The summed E-state index contributed by atoms with van der Waals surface area (Å²) in [7, 11) is 1.66. The van der Waals surface area contributed by atoms with Gasteiger partial charge in [-0.25, -0.2) is 0 Å². The second-order valence-electron chi connectivity index (χ2n) is 6.71. The van der Waals surface area contributed by atoms with Crippen molar-refractivity contribution >= 4 is 30.6 Å². The molecule has 0 radical (unpaired) electrons. The Balaban J connectivity index is 0.00000121. The highest BCUT2D eigenvalue weighted by molar-refractivity contribution is 5.85. The monoisotopic (exact) mass is 398 g/mol. The summed E-state index contributed by atoms with van der Waals surface area (Å²) in [5, 5.41) is 22.0. The molecule has 0 spiro atoms. The Morgan fingerprint density at radius 2 is 2.04 bits per heavy atom. The first-order chi connectivity index (χ1) is 11.8. The van der Waals surface area contributed by atoms with E-state index in [1.807, 2.05) is 36.4 Å². The molecule has 2 aliphatic heterocycles. The van der Waals surface area contributed by atoms with Crippen LogP contribution in [0.15, 0.2) is 36.4 Å². The van der Waals surface area contributed by atoms with Gasteiger partial charge in [0.15, 0.2) is 5.82 Å². The molecule has 2 aliphatic rings. The van der Waals surface area contributed by atoms with Gasteiger partial charge in [-0.1, -0.05) is 12.1 Å². The SMILES string of the molecule is COc1ccccc1-c1ccc(N2CC3CNCC3(CO)C2)nn1.Cl.Cl. The predicted octanol–water partition coefficient (Wildman–Crippen LogP) is 2.01. The molecule has 0 aliphatic carbocycles. The summed E-state index contributed by atoms with van der Waals surface area (Å²) >= 11 is 0. The normalized spacial score (nSPS) is 23.8. The number of benzene rings is 1. The van der Waals surface area contributed by atoms with E-state index < -0.39 is 0 Å². The molecule has 1 aromatic carbocycles. The molecule has 2 unspecified atom stereocenters. The van der Waals surface area contributed by atoms with Crippen LogP contribution in [0.1, 0.15) is 0 Å². The maximum atomic E-state index is 9.83. The Hall–Kier alpha value is -1.60. The minimum absolute atomic E-state index is 0. The highest BCUT2D eigenvalue weighted by atomic mass is 35.5. The standard InChI is InChI=1S/C18H22N4O2.2ClH/c1-24-16-5-3-2-4-14(16)15-6-7-17(21-20-15)22-9-13-8-19-10-18(13,11-22)12-23;;/h2-7,13,19,23H,8-12H2,1H3;2*1H. The Morgan fingerprint density at radius 1 is 1.23 bits per heavy atom. The van der Waals surface area contributed by atoms with Gasteiger partial charge in [-0.05, 0) is 30.2 Å². The fourth-order valence-electron chi connectivity index (χ4n) is 3.91. The zero-order valence-corrected chi connectivity index (χ0v) is 16.2. The molecule has 26 heavy (non-hydrogen) atoms. The Labute approximate surface area is 165 Å². The number of ether oxygens (including phenoxy) is 1. The highest BCUT2D eigenvalue weighted by Crippen LogP contribution is 2.40. The topological polar surface area (TPSA) is 70.5 Å². The highest BCUT2D eigenvalue weighted by Gasteiger charge is 2.49. The molecule has 2 aromatic rings. The van der Waals surface area contributed by atoms with E-state index in [2.05, 4.69) is 20.4 Å². The van der Waals surface area contributed by atoms with Crippen LogP contribution in [0.3, 0.4) is 0 Å². The molecule has 3 heterocycles. The van der Waals surface area contributed by atoms with E-state index >= 15 is 0 Å². The molecular formula is C18H24Cl2N4O2. The summed E-state index contributed by atoms with van der Waals surface area (Å²) in [5.74, 6) is 2.13. The molecule has 8 heteroatoms. The number of hydrogen-bond acceptors (Lipinski definition) is 6. The van der Waals surface area contributed by atoms with Crippen molar-refractivity contribution in [2.75, 3.05) is 44.8 Å². The molecule has 0 amide bonds. The maximum absolute atomic E-state index is 9.83. The van der Waals surface area contributed by atoms with E-state index in [4.69, 9.17) is 4.74 Å². The third kappa shape index (κ3) is 3.47. The predicted molar refractivity (Wildman–Crippen MR) is 107 cm³/mol. The van der Waals surface area contributed by atoms with Gasteiger partial charge in [0.1, 0.15) is 5.75 Å². The van der Waals surface area contributed by atoms with Gasteiger partial charge in [0.2, 0.25) is 0 Å². The fraction of sp³-hybridized carbons (Fsp3) is 0.444. The van der Waals surface area contributed by atoms with E-state index in [9.17, 15) is 5.11 Å². The average molecular weight is 399 g/mol. The van der Waals surface area contributed by atoms with Gasteiger partial charge in [0.05, 0.1) is 19.4 Å². The molecule has 2 saturated heterocycles. The first kappa shape index (κ1) is 20.7. The molecule has 4 rings (SSSR count). The van der Waals surface area contributed by atoms with Crippen molar-refractivity contribution in [1.29, 1.82) is 0 Å². The van der Waals surface area contributed by atoms with Crippen LogP contribution in [-0.2, 0) is 0 Å². The van der Waals surface area contributed by atoms with Crippen LogP contribution >= 0.6 is 24.8 Å². The van der Waals surface area contributed by atoms with Crippen molar-refractivity contribution < 1.29 is 9.84 Å². The number of halogens is 2. The summed E-state index contributed by atoms with van der Waals surface area (Å²) in [4.78, 5) is 2.24. The quantitative estimate of drug-likeness (QED) is 0.820. The number of para-hydroxylation sites is 1. The smallest absolute Gasteiger partial charge is 0.151 e. The summed E-state index contributed by atoms with van der Waals surface area (Å²) in [6.07, 6.45) is 0. The van der Waals surface area contributed by atoms with Gasteiger partial charge in [0.25, 0.3) is 0 Å². The summed E-state index contributed by atoms with van der Waals surface area (Å²) < 4.78 is 5.39. The second kappa shape index (κ2) is 8.39. The minimum atomic E-state index is -0.0387. The fourth-order valence-corrected chi connectivity index (χ4v) is 3.91. The van der Waals surface area contributed by atoms with Gasteiger partial charge in [0, 0.05) is 37.2 Å². The van der Waals surface area contributed by atoms with Gasteiger partial charge in [-0.15, -0.1) is 35.0 Å². The molecule has 6 nitrogen and oxygen atoms in total. The van der Waals surface area contributed by atoms with Crippen LogP contribution in [0.25, 0.3) is 11.3 Å². The number of hydrogen-bond donors (Lipinski definition) is 2. The average Bonchev–Trinajstić information content (AvgIpc) is 3.19. The molecule has 142 valence electrons. The lowest BCUT2D eigenvalue weighted by molar-refractivity contribution is 0.135. The Morgan fingerprint density at radius 3 is 2.69 bits per heavy atom. The number of aromatic nitrogens is 2. The molecule has 2 N–H and O–H groups in total. The number of rotatable bonds is 4. The van der Waals surface area contributed by atoms with Crippen LogP contribution in [0.5, 0.6) is 5.75 Å². The van der Waals surface area contributed by atoms with E-state index in [0.717, 1.165) is 49.0 Å². The first-order valence-corrected chi connectivity index (χ1v) is 8.29. The van der Waals surface area contributed by atoms with Crippen molar-refractivity contribution in [3.05, 3.63) is 36.4 Å². The second-order valence-corrected chi connectivity index (χ2v) is 6.71. The van der Waals surface area contributed by atoms with Crippen molar-refractivity contribution in [1.82, 2.24) is 15.5 Å². The number of anilines is 1. The van der Waals surface area contributed by atoms with E-state index in [1.165, 1.54) is 0 Å². The lowest BCUT2D eigenvalue weighted by atomic mass is 9.82. The Bertz CT molecular complexity index is 731. The number of nitrogens with zero attached hydrogens (tertiary/aromatic N) is 3. The molecule has 2 fully saturated rings. The maximum Gasteiger partial charge on any atom is 0.151 e. The van der Waals surface area contributed by atoms with E-state index in [1.54, 1.807) is 7.11 Å². The molecule has 0 bridgehead atoms. The van der Waals surface area contributed by atoms with Crippen LogP contribution in [0.4, 0.5) is 5.82 Å². The van der Waals surface area contributed by atoms with Crippen LogP contribution in [0.2, 0.25) is 0 Å². The van der Waals surface area contributed by atoms with E-state index in [-0.39, 0.29) is 36.8 Å². The molecule has 1 aromatic heterocycles. The van der Waals surface area contributed by atoms with Gasteiger partial charge >= 0.3 is 0 Å². The first-order valence-electron chi connectivity index (χ1n) is 8.29. The minimum Gasteiger partial charge on any atom is -0.496 e. The van der Waals surface area contributed by atoms with Crippen molar-refractivity contribution in [3.8, 4) is 17.0 Å². The number of methoxy groups -OCH3 is 1. The molecule has 2 atom stereocenters. The number of fused-ring (bicyclic) bond motifs is 1. The largest absolute Gasteiger partial charge is 0.496 e. The number of aliphatic hydroxyl groups excluding tert-OH is 1.